The van der Waals surface area contributed by atoms with Gasteiger partial charge in [-0.3, -0.25) is 9.78 Å². The molecule has 2 aliphatic heterocycles. The minimum atomic E-state index is -3.58. The molecule has 2 bridgehead atoms. The Morgan fingerprint density at radius 1 is 1.22 bits per heavy atom. The predicted molar refractivity (Wildman–Crippen MR) is 125 cm³/mol. The summed E-state index contributed by atoms with van der Waals surface area (Å²) in [5.74, 6) is 2.26. The van der Waals surface area contributed by atoms with Gasteiger partial charge in [-0.15, -0.1) is 17.8 Å². The smallest absolute Gasteiger partial charge is 0.224 e. The van der Waals surface area contributed by atoms with Crippen molar-refractivity contribution in [2.75, 3.05) is 5.75 Å². The van der Waals surface area contributed by atoms with Crippen molar-refractivity contribution in [1.29, 1.82) is 0 Å². The second kappa shape index (κ2) is 8.15. The van der Waals surface area contributed by atoms with Gasteiger partial charge in [-0.1, -0.05) is 18.1 Å². The fourth-order valence-corrected chi connectivity index (χ4v) is 7.20. The number of hydrogen-bond donors (Lipinski definition) is 0. The van der Waals surface area contributed by atoms with Crippen molar-refractivity contribution in [2.45, 2.75) is 42.7 Å². The van der Waals surface area contributed by atoms with E-state index in [1.165, 1.54) is 11.3 Å². The summed E-state index contributed by atoms with van der Waals surface area (Å²) in [5, 5.41) is 0. The highest BCUT2D eigenvalue weighted by Gasteiger charge is 2.40. The van der Waals surface area contributed by atoms with Crippen LogP contribution in [-0.2, 0) is 14.6 Å². The molecular weight excluding hydrogens is 442 g/mol. The topological polar surface area (TPSA) is 80.2 Å². The Morgan fingerprint density at radius 2 is 2.09 bits per heavy atom. The number of nitrogens with zero attached hydrogens (tertiary/aromatic N) is 3. The Bertz CT molecular complexity index is 1370. The van der Waals surface area contributed by atoms with Crippen LogP contribution in [0.15, 0.2) is 53.0 Å². The number of carbonyl (C=O) groups excluding carboxylic acids is 1. The van der Waals surface area contributed by atoms with Crippen LogP contribution in [0, 0.1) is 12.3 Å². The van der Waals surface area contributed by atoms with Crippen molar-refractivity contribution in [3.8, 4) is 12.3 Å². The maximum absolute atomic E-state index is 13.1. The molecular formula is C24H21N3O3S2. The molecule has 0 saturated carbocycles. The zero-order valence-electron chi connectivity index (χ0n) is 17.3. The molecule has 1 fully saturated rings. The van der Waals surface area contributed by atoms with E-state index >= 15 is 0 Å². The Morgan fingerprint density at radius 3 is 2.84 bits per heavy atom. The maximum Gasteiger partial charge on any atom is 0.224 e. The Hall–Kier alpha value is -3.02. The molecule has 0 aliphatic carbocycles. The van der Waals surface area contributed by atoms with Gasteiger partial charge < -0.3 is 4.90 Å². The first-order valence-electron chi connectivity index (χ1n) is 10.5. The molecule has 0 spiro atoms. The van der Waals surface area contributed by atoms with E-state index in [4.69, 9.17) is 6.42 Å². The van der Waals surface area contributed by atoms with Crippen LogP contribution in [0.2, 0.25) is 0 Å². The van der Waals surface area contributed by atoms with Crippen molar-refractivity contribution >= 4 is 42.9 Å². The molecule has 32 heavy (non-hydrogen) atoms. The van der Waals surface area contributed by atoms with E-state index in [1.807, 2.05) is 17.0 Å². The van der Waals surface area contributed by atoms with Crippen LogP contribution < -0.4 is 0 Å². The molecule has 1 saturated heterocycles. The number of sulfone groups is 1. The number of thiazole rings is 1. The van der Waals surface area contributed by atoms with Crippen LogP contribution in [0.5, 0.6) is 0 Å². The Kier molecular flexibility index (Phi) is 5.31. The molecule has 2 unspecified atom stereocenters. The zero-order chi connectivity index (χ0) is 22.3. The van der Waals surface area contributed by atoms with Crippen molar-refractivity contribution < 1.29 is 13.2 Å². The van der Waals surface area contributed by atoms with Crippen LogP contribution >= 0.6 is 11.3 Å². The molecule has 5 rings (SSSR count). The largest absolute Gasteiger partial charge is 0.333 e. The summed E-state index contributed by atoms with van der Waals surface area (Å²) in [4.78, 5) is 23.9. The van der Waals surface area contributed by atoms with E-state index < -0.39 is 9.84 Å². The number of hydrogen-bond acceptors (Lipinski definition) is 6. The van der Waals surface area contributed by atoms with Gasteiger partial charge in [0.15, 0.2) is 9.84 Å². The van der Waals surface area contributed by atoms with Crippen LogP contribution in [0.1, 0.15) is 36.9 Å². The number of terminal acetylenes is 1. The van der Waals surface area contributed by atoms with Crippen LogP contribution in [0.4, 0.5) is 0 Å². The quantitative estimate of drug-likeness (QED) is 0.539. The highest BCUT2D eigenvalue weighted by molar-refractivity contribution is 7.91. The number of benzene rings is 1. The van der Waals surface area contributed by atoms with Crippen molar-refractivity contribution in [3.63, 3.8) is 0 Å². The molecule has 2 atom stereocenters. The molecule has 6 nitrogen and oxygen atoms in total. The molecule has 4 heterocycles. The van der Waals surface area contributed by atoms with Gasteiger partial charge in [-0.05, 0) is 49.1 Å². The normalized spacial score (nSPS) is 20.2. The average molecular weight is 464 g/mol. The summed E-state index contributed by atoms with van der Waals surface area (Å²) in [6.45, 7) is 0. The third-order valence-electron chi connectivity index (χ3n) is 6.18. The van der Waals surface area contributed by atoms with E-state index in [0.29, 0.717) is 10.2 Å². The first-order valence-corrected chi connectivity index (χ1v) is 13.0. The lowest BCUT2D eigenvalue weighted by Crippen LogP contribution is -2.43. The minimum absolute atomic E-state index is 0.0157. The predicted octanol–water partition coefficient (Wildman–Crippen LogP) is 3.68. The molecule has 2 aromatic heterocycles. The van der Waals surface area contributed by atoms with Gasteiger partial charge in [0.1, 0.15) is 0 Å². The fraction of sp³-hybridized carbons (Fsp3) is 0.292. The molecule has 0 radical (unpaired) electrons. The van der Waals surface area contributed by atoms with Gasteiger partial charge in [0, 0.05) is 24.2 Å². The number of aromatic nitrogens is 2. The van der Waals surface area contributed by atoms with Gasteiger partial charge in [-0.2, -0.15) is 0 Å². The van der Waals surface area contributed by atoms with Gasteiger partial charge in [0.25, 0.3) is 0 Å². The zero-order valence-corrected chi connectivity index (χ0v) is 18.9. The SMILES string of the molecule is C#Cc1ccc(C2=CC3CCC(C2)N3C(=O)CCS(=O)(=O)c2cccc3ncsc23)nc1. The number of amides is 1. The summed E-state index contributed by atoms with van der Waals surface area (Å²) in [7, 11) is -3.58. The molecule has 0 N–H and O–H groups in total. The highest BCUT2D eigenvalue weighted by atomic mass is 32.2. The van der Waals surface area contributed by atoms with E-state index in [-0.39, 0.29) is 35.1 Å². The van der Waals surface area contributed by atoms with E-state index in [1.54, 1.807) is 29.9 Å². The van der Waals surface area contributed by atoms with Gasteiger partial charge >= 0.3 is 0 Å². The molecule has 1 amide bonds. The highest BCUT2D eigenvalue weighted by Crippen LogP contribution is 2.38. The summed E-state index contributed by atoms with van der Waals surface area (Å²) in [6, 6.07) is 8.94. The Labute approximate surface area is 190 Å². The molecule has 3 aromatic rings. The summed E-state index contributed by atoms with van der Waals surface area (Å²) >= 11 is 1.30. The number of rotatable bonds is 5. The molecule has 162 valence electrons. The first kappa shape index (κ1) is 20.9. The molecule has 2 aliphatic rings. The molecule has 8 heteroatoms. The van der Waals surface area contributed by atoms with E-state index in [9.17, 15) is 13.2 Å². The lowest BCUT2D eigenvalue weighted by Gasteiger charge is -2.34. The maximum atomic E-state index is 13.1. The monoisotopic (exact) mass is 463 g/mol. The number of fused-ring (bicyclic) bond motifs is 3. The number of pyridine rings is 1. The van der Waals surface area contributed by atoms with Crippen LogP contribution in [0.25, 0.3) is 15.8 Å². The van der Waals surface area contributed by atoms with Crippen molar-refractivity contribution in [3.05, 3.63) is 59.4 Å². The minimum Gasteiger partial charge on any atom is -0.333 e. The third-order valence-corrected chi connectivity index (χ3v) is 8.94. The average Bonchev–Trinajstić information content (AvgIpc) is 3.39. The summed E-state index contributed by atoms with van der Waals surface area (Å²) in [6.07, 6.45) is 11.7. The summed E-state index contributed by atoms with van der Waals surface area (Å²) in [5.41, 5.74) is 5.04. The fourth-order valence-electron chi connectivity index (χ4n) is 4.64. The second-order valence-corrected chi connectivity index (χ2v) is 11.0. The lowest BCUT2D eigenvalue weighted by molar-refractivity contribution is -0.133. The van der Waals surface area contributed by atoms with E-state index in [0.717, 1.165) is 36.1 Å². The van der Waals surface area contributed by atoms with Crippen molar-refractivity contribution in [1.82, 2.24) is 14.9 Å². The van der Waals surface area contributed by atoms with Crippen LogP contribution in [-0.4, -0.2) is 47.0 Å². The van der Waals surface area contributed by atoms with Gasteiger partial charge in [0.2, 0.25) is 5.91 Å². The van der Waals surface area contributed by atoms with Gasteiger partial charge in [0.05, 0.1) is 38.1 Å². The lowest BCUT2D eigenvalue weighted by atomic mass is 9.97. The summed E-state index contributed by atoms with van der Waals surface area (Å²) < 4.78 is 26.6. The first-order chi connectivity index (χ1) is 15.5. The van der Waals surface area contributed by atoms with E-state index in [2.05, 4.69) is 22.0 Å². The van der Waals surface area contributed by atoms with Crippen molar-refractivity contribution in [2.24, 2.45) is 0 Å². The van der Waals surface area contributed by atoms with Crippen LogP contribution in [0.3, 0.4) is 0 Å². The van der Waals surface area contributed by atoms with Gasteiger partial charge in [-0.25, -0.2) is 13.4 Å². The molecule has 1 aromatic carbocycles. The second-order valence-electron chi connectivity index (χ2n) is 8.10. The number of carbonyl (C=O) groups is 1. The third kappa shape index (κ3) is 3.72. The Balaban J connectivity index is 1.31. The standard InChI is InChI=1S/C24H21N3O3S2/c1-2-16-6-9-20(25-14-16)17-12-18-7-8-19(13-17)27(18)23(28)10-11-32(29,30)22-5-3-4-21-24(22)31-15-26-21/h1,3-6,9,12,14-15,18-19H,7-8,10-11,13H2.